The number of allylic oxidation sites excluding steroid dienone is 1. The van der Waals surface area contributed by atoms with Gasteiger partial charge < -0.3 is 25.0 Å². The second kappa shape index (κ2) is 16.4. The van der Waals surface area contributed by atoms with Crippen molar-refractivity contribution >= 4 is 56.3 Å². The second-order valence-electron chi connectivity index (χ2n) is 17.0. The molecule has 3 N–H and O–H groups in total. The summed E-state index contributed by atoms with van der Waals surface area (Å²) in [6, 6.07) is 3.28. The summed E-state index contributed by atoms with van der Waals surface area (Å²) in [6.07, 6.45) is 7.56. The number of benzene rings is 1. The number of hydrogen-bond acceptors (Lipinski definition) is 9. The van der Waals surface area contributed by atoms with E-state index < -0.39 is 67.4 Å². The lowest BCUT2D eigenvalue weighted by molar-refractivity contribution is -0.142. The van der Waals surface area contributed by atoms with Gasteiger partial charge in [0, 0.05) is 22.4 Å². The van der Waals surface area contributed by atoms with Crippen molar-refractivity contribution < 1.29 is 37.1 Å². The number of pyridine rings is 1. The van der Waals surface area contributed by atoms with Crippen molar-refractivity contribution in [2.24, 2.45) is 0 Å². The van der Waals surface area contributed by atoms with E-state index in [2.05, 4.69) is 28.5 Å². The standard InChI is InChI=1S/C41H56ClN5O8S/c1-9-11-12-13-14-15-31(44-37(51)55-38(4,5)6)35(49)47-25-41(20-18-28-29-23-27(42)16-17-30(29)43-26(3)33(28)54-41)24-32(47)34(48)45-40(8,19-10-2)36(50)46-56(52,53)39(7)21-22-39/h9-10,16-17,23,31-32H,1-2,11-15,18-22,24-25H2,3-8H3,(H,44,51)(H,45,48)(H,46,50). The molecule has 15 heteroatoms. The van der Waals surface area contributed by atoms with Crippen LogP contribution in [0.3, 0.4) is 0 Å². The number of sulfonamides is 1. The highest BCUT2D eigenvalue weighted by Gasteiger charge is 2.55. The normalized spacial score (nSPS) is 21.6. The maximum atomic E-state index is 14.8. The first-order chi connectivity index (χ1) is 26.2. The average Bonchev–Trinajstić information content (AvgIpc) is 3.77. The Bertz CT molecular complexity index is 2010. The Morgan fingerprint density at radius 1 is 1.11 bits per heavy atom. The summed E-state index contributed by atoms with van der Waals surface area (Å²) in [5, 5.41) is 6.96. The first-order valence-corrected chi connectivity index (χ1v) is 21.2. The molecule has 1 saturated heterocycles. The van der Waals surface area contributed by atoms with Crippen molar-refractivity contribution in [2.75, 3.05) is 6.54 Å². The maximum Gasteiger partial charge on any atom is 0.408 e. The molecule has 0 radical (unpaired) electrons. The van der Waals surface area contributed by atoms with Gasteiger partial charge in [-0.1, -0.05) is 36.6 Å². The minimum Gasteiger partial charge on any atom is -0.483 e. The summed E-state index contributed by atoms with van der Waals surface area (Å²) in [6.45, 7) is 17.5. The molecule has 1 spiro atoms. The lowest BCUT2D eigenvalue weighted by atomic mass is 9.87. The molecule has 13 nitrogen and oxygen atoms in total. The molecule has 2 fully saturated rings. The van der Waals surface area contributed by atoms with Crippen LogP contribution in [0, 0.1) is 6.92 Å². The molecule has 4 atom stereocenters. The number of unbranched alkanes of at least 4 members (excludes halogenated alkanes) is 3. The van der Waals surface area contributed by atoms with Gasteiger partial charge in [-0.15, -0.1) is 13.2 Å². The number of ether oxygens (including phenoxy) is 2. The van der Waals surface area contributed by atoms with Crippen LogP contribution in [0.4, 0.5) is 4.79 Å². The lowest BCUT2D eigenvalue weighted by Crippen LogP contribution is -2.62. The van der Waals surface area contributed by atoms with Crippen molar-refractivity contribution in [1.82, 2.24) is 25.2 Å². The number of nitrogens with one attached hydrogen (secondary N) is 3. The van der Waals surface area contributed by atoms with Crippen LogP contribution in [-0.2, 0) is 35.6 Å². The molecule has 56 heavy (non-hydrogen) atoms. The number of nitrogens with zero attached hydrogens (tertiary/aromatic N) is 2. The van der Waals surface area contributed by atoms with Gasteiger partial charge in [0.2, 0.25) is 21.8 Å². The van der Waals surface area contributed by atoms with Gasteiger partial charge >= 0.3 is 6.09 Å². The van der Waals surface area contributed by atoms with E-state index in [-0.39, 0.29) is 25.8 Å². The van der Waals surface area contributed by atoms with E-state index in [9.17, 15) is 27.6 Å². The molecule has 2 aliphatic heterocycles. The number of aryl methyl sites for hydroxylation is 2. The van der Waals surface area contributed by atoms with Gasteiger partial charge in [-0.25, -0.2) is 18.2 Å². The molecule has 2 aromatic rings. The Labute approximate surface area is 335 Å². The summed E-state index contributed by atoms with van der Waals surface area (Å²) < 4.78 is 39.7. The number of amides is 4. The topological polar surface area (TPSA) is 173 Å². The van der Waals surface area contributed by atoms with Crippen LogP contribution in [0.2, 0.25) is 5.02 Å². The number of hydrogen-bond donors (Lipinski definition) is 3. The fraction of sp³-hybridized carbons (Fsp3) is 0.585. The Morgan fingerprint density at radius 3 is 2.46 bits per heavy atom. The van der Waals surface area contributed by atoms with Gasteiger partial charge in [0.25, 0.3) is 5.91 Å². The van der Waals surface area contributed by atoms with E-state index in [1.54, 1.807) is 33.8 Å². The highest BCUT2D eigenvalue weighted by molar-refractivity contribution is 7.91. The third-order valence-electron chi connectivity index (χ3n) is 11.0. The highest BCUT2D eigenvalue weighted by Crippen LogP contribution is 2.45. The molecule has 3 aliphatic rings. The molecule has 1 aromatic carbocycles. The number of alkyl carbamates (subject to hydrolysis) is 1. The number of carbonyl (C=O) groups excluding carboxylic acids is 4. The number of likely N-dealkylation sites (tertiary alicyclic amines) is 1. The van der Waals surface area contributed by atoms with E-state index in [0.29, 0.717) is 48.6 Å². The molecule has 4 amide bonds. The number of fused-ring (bicyclic) bond motifs is 3. The molecule has 1 aliphatic carbocycles. The van der Waals surface area contributed by atoms with Crippen molar-refractivity contribution in [3.05, 3.63) is 59.8 Å². The van der Waals surface area contributed by atoms with Crippen LogP contribution in [-0.4, -0.2) is 82.2 Å². The number of aromatic nitrogens is 1. The van der Waals surface area contributed by atoms with Gasteiger partial charge in [-0.2, -0.15) is 0 Å². The number of halogens is 1. The third kappa shape index (κ3) is 9.50. The van der Waals surface area contributed by atoms with Crippen LogP contribution in [0.25, 0.3) is 10.9 Å². The van der Waals surface area contributed by atoms with Crippen LogP contribution in [0.1, 0.15) is 110 Å². The van der Waals surface area contributed by atoms with Crippen molar-refractivity contribution in [3.63, 3.8) is 0 Å². The van der Waals surface area contributed by atoms with Gasteiger partial charge in [0.05, 0.1) is 22.5 Å². The molecule has 5 rings (SSSR count). The predicted octanol–water partition coefficient (Wildman–Crippen LogP) is 6.34. The third-order valence-corrected chi connectivity index (χ3v) is 13.4. The van der Waals surface area contributed by atoms with Crippen molar-refractivity contribution in [3.8, 4) is 5.75 Å². The SMILES string of the molecule is C=CCCCCCC(NC(=O)OC(C)(C)C)C(=O)N1CC2(CCc3c(c(C)nc4ccc(Cl)cc34)O2)CC1C(=O)NC(C)(CC=C)C(=O)NS(=O)(=O)C1(C)CC1. The van der Waals surface area contributed by atoms with Crippen molar-refractivity contribution in [1.29, 1.82) is 0 Å². The number of carbonyl (C=O) groups is 4. The van der Waals surface area contributed by atoms with Gasteiger partial charge in [0.1, 0.15) is 34.6 Å². The summed E-state index contributed by atoms with van der Waals surface area (Å²) >= 11 is 6.38. The maximum absolute atomic E-state index is 14.8. The Morgan fingerprint density at radius 2 is 1.82 bits per heavy atom. The molecular formula is C41H56ClN5O8S. The van der Waals surface area contributed by atoms with E-state index in [4.69, 9.17) is 26.1 Å². The zero-order valence-corrected chi connectivity index (χ0v) is 35.0. The highest BCUT2D eigenvalue weighted by atomic mass is 35.5. The predicted molar refractivity (Wildman–Crippen MR) is 216 cm³/mol. The van der Waals surface area contributed by atoms with E-state index >= 15 is 0 Å². The average molecular weight is 814 g/mol. The fourth-order valence-electron chi connectivity index (χ4n) is 7.46. The molecule has 306 valence electrons. The second-order valence-corrected chi connectivity index (χ2v) is 19.6. The molecule has 1 saturated carbocycles. The summed E-state index contributed by atoms with van der Waals surface area (Å²) in [5.41, 5.74) is -1.26. The molecular weight excluding hydrogens is 758 g/mol. The fourth-order valence-corrected chi connectivity index (χ4v) is 8.99. The van der Waals surface area contributed by atoms with E-state index in [1.807, 2.05) is 25.1 Å². The summed E-state index contributed by atoms with van der Waals surface area (Å²) in [5.74, 6) is -1.55. The van der Waals surface area contributed by atoms with Crippen LogP contribution in [0.15, 0.2) is 43.5 Å². The summed E-state index contributed by atoms with van der Waals surface area (Å²) in [7, 11) is -4.03. The Balaban J connectivity index is 1.50. The lowest BCUT2D eigenvalue weighted by Gasteiger charge is -2.36. The zero-order valence-electron chi connectivity index (χ0n) is 33.4. The minimum atomic E-state index is -4.03. The Kier molecular flexibility index (Phi) is 12.6. The minimum absolute atomic E-state index is 0.00352. The van der Waals surface area contributed by atoms with Crippen LogP contribution < -0.4 is 20.1 Å². The molecule has 1 aromatic heterocycles. The van der Waals surface area contributed by atoms with E-state index in [1.165, 1.54) is 17.9 Å². The quantitative estimate of drug-likeness (QED) is 0.137. The van der Waals surface area contributed by atoms with Crippen LogP contribution in [0.5, 0.6) is 5.75 Å². The molecule has 4 unspecified atom stereocenters. The smallest absolute Gasteiger partial charge is 0.408 e. The monoisotopic (exact) mass is 813 g/mol. The summed E-state index contributed by atoms with van der Waals surface area (Å²) in [4.78, 5) is 62.3. The van der Waals surface area contributed by atoms with Gasteiger partial charge in [-0.05, 0) is 111 Å². The van der Waals surface area contributed by atoms with E-state index in [0.717, 1.165) is 35.7 Å². The first kappa shape index (κ1) is 43.0. The largest absolute Gasteiger partial charge is 0.483 e. The number of rotatable bonds is 15. The van der Waals surface area contributed by atoms with Crippen LogP contribution >= 0.6 is 11.6 Å². The molecule has 0 bridgehead atoms. The first-order valence-electron chi connectivity index (χ1n) is 19.3. The Hall–Kier alpha value is -4.17. The molecule has 3 heterocycles. The van der Waals surface area contributed by atoms with Gasteiger partial charge in [-0.3, -0.25) is 19.1 Å². The zero-order chi connectivity index (χ0) is 41.3. The van der Waals surface area contributed by atoms with Crippen molar-refractivity contribution in [2.45, 2.75) is 146 Å². The van der Waals surface area contributed by atoms with Gasteiger partial charge in [0.15, 0.2) is 0 Å².